The highest BCUT2D eigenvalue weighted by Gasteiger charge is 2.34. The van der Waals surface area contributed by atoms with Crippen LogP contribution in [0.1, 0.15) is 24.2 Å². The molecule has 0 saturated heterocycles. The largest absolute Gasteiger partial charge is 0.484 e. The van der Waals surface area contributed by atoms with Gasteiger partial charge in [-0.3, -0.25) is 9.59 Å². The standard InChI is InChI=1S/C19H20N2O3/c1-19(2)13-21(15-10-6-7-11-16(15)24-19)17(22)12-20-18(23)14-8-4-3-5-9-14/h3-11H,12-13H2,1-2H3,(H,20,23). The van der Waals surface area contributed by atoms with Crippen LogP contribution in [0, 0.1) is 0 Å². The highest BCUT2D eigenvalue weighted by atomic mass is 16.5. The lowest BCUT2D eigenvalue weighted by Crippen LogP contribution is -2.51. The van der Waals surface area contributed by atoms with Gasteiger partial charge in [0.05, 0.1) is 18.8 Å². The fourth-order valence-electron chi connectivity index (χ4n) is 2.73. The molecule has 0 bridgehead atoms. The number of ether oxygens (including phenoxy) is 1. The van der Waals surface area contributed by atoms with E-state index in [-0.39, 0.29) is 18.4 Å². The van der Waals surface area contributed by atoms with Gasteiger partial charge in [0.25, 0.3) is 5.91 Å². The van der Waals surface area contributed by atoms with E-state index in [0.717, 1.165) is 5.69 Å². The molecule has 5 nitrogen and oxygen atoms in total. The van der Waals surface area contributed by atoms with Gasteiger partial charge in [0, 0.05) is 5.56 Å². The van der Waals surface area contributed by atoms with Crippen LogP contribution in [0.5, 0.6) is 5.75 Å². The Morgan fingerprint density at radius 1 is 1.08 bits per heavy atom. The lowest BCUT2D eigenvalue weighted by molar-refractivity contribution is -0.118. The number of nitrogens with one attached hydrogen (secondary N) is 1. The molecule has 2 aromatic rings. The second-order valence-electron chi connectivity index (χ2n) is 6.36. The molecule has 1 N–H and O–H groups in total. The van der Waals surface area contributed by atoms with E-state index < -0.39 is 5.60 Å². The van der Waals surface area contributed by atoms with Gasteiger partial charge in [-0.25, -0.2) is 0 Å². The molecule has 0 fully saturated rings. The van der Waals surface area contributed by atoms with Crippen molar-refractivity contribution in [3.05, 3.63) is 60.2 Å². The fourth-order valence-corrected chi connectivity index (χ4v) is 2.73. The molecule has 0 unspecified atom stereocenters. The monoisotopic (exact) mass is 324 g/mol. The minimum absolute atomic E-state index is 0.0574. The first kappa shape index (κ1) is 16.1. The molecule has 0 radical (unpaired) electrons. The molecule has 124 valence electrons. The Labute approximate surface area is 141 Å². The number of hydrogen-bond donors (Lipinski definition) is 1. The van der Waals surface area contributed by atoms with Crippen molar-refractivity contribution in [1.29, 1.82) is 0 Å². The number of benzene rings is 2. The highest BCUT2D eigenvalue weighted by molar-refractivity contribution is 6.01. The Morgan fingerprint density at radius 2 is 1.75 bits per heavy atom. The zero-order valence-corrected chi connectivity index (χ0v) is 13.8. The summed E-state index contributed by atoms with van der Waals surface area (Å²) in [5.41, 5.74) is 0.789. The minimum Gasteiger partial charge on any atom is -0.484 e. The van der Waals surface area contributed by atoms with Crippen LogP contribution in [0.25, 0.3) is 0 Å². The molecule has 24 heavy (non-hydrogen) atoms. The predicted molar refractivity (Wildman–Crippen MR) is 92.3 cm³/mol. The number of amides is 2. The van der Waals surface area contributed by atoms with Crippen molar-refractivity contribution >= 4 is 17.5 Å². The third kappa shape index (κ3) is 3.40. The summed E-state index contributed by atoms with van der Waals surface area (Å²) < 4.78 is 5.91. The number of carbonyl (C=O) groups excluding carboxylic acids is 2. The molecular formula is C19H20N2O3. The molecular weight excluding hydrogens is 304 g/mol. The second kappa shape index (κ2) is 6.35. The van der Waals surface area contributed by atoms with Gasteiger partial charge >= 0.3 is 0 Å². The Hall–Kier alpha value is -2.82. The number of carbonyl (C=O) groups is 2. The quantitative estimate of drug-likeness (QED) is 0.944. The number of hydrogen-bond acceptors (Lipinski definition) is 3. The maximum Gasteiger partial charge on any atom is 0.251 e. The zero-order valence-electron chi connectivity index (χ0n) is 13.8. The van der Waals surface area contributed by atoms with Gasteiger partial charge in [-0.1, -0.05) is 30.3 Å². The molecule has 2 aromatic carbocycles. The molecule has 1 aliphatic rings. The van der Waals surface area contributed by atoms with Crippen LogP contribution in [0.2, 0.25) is 0 Å². The van der Waals surface area contributed by atoms with Crippen LogP contribution in [0.15, 0.2) is 54.6 Å². The van der Waals surface area contributed by atoms with Crippen molar-refractivity contribution < 1.29 is 14.3 Å². The summed E-state index contributed by atoms with van der Waals surface area (Å²) in [7, 11) is 0. The van der Waals surface area contributed by atoms with Crippen LogP contribution >= 0.6 is 0 Å². The molecule has 3 rings (SSSR count). The van der Waals surface area contributed by atoms with Gasteiger partial charge in [-0.05, 0) is 38.1 Å². The van der Waals surface area contributed by atoms with E-state index >= 15 is 0 Å². The molecule has 0 atom stereocenters. The van der Waals surface area contributed by atoms with Gasteiger partial charge in [-0.2, -0.15) is 0 Å². The van der Waals surface area contributed by atoms with Gasteiger partial charge < -0.3 is 15.0 Å². The molecule has 2 amide bonds. The van der Waals surface area contributed by atoms with E-state index in [1.165, 1.54) is 0 Å². The first-order valence-corrected chi connectivity index (χ1v) is 7.88. The zero-order chi connectivity index (χ0) is 17.2. The van der Waals surface area contributed by atoms with E-state index in [0.29, 0.717) is 17.9 Å². The summed E-state index contributed by atoms with van der Waals surface area (Å²) in [5.74, 6) is 0.254. The van der Waals surface area contributed by atoms with Crippen LogP contribution < -0.4 is 15.0 Å². The molecule has 1 heterocycles. The summed E-state index contributed by atoms with van der Waals surface area (Å²) in [6.07, 6.45) is 0. The number of nitrogens with zero attached hydrogens (tertiary/aromatic N) is 1. The Kier molecular flexibility index (Phi) is 4.25. The molecule has 5 heteroatoms. The van der Waals surface area contributed by atoms with E-state index in [1.54, 1.807) is 29.2 Å². The van der Waals surface area contributed by atoms with Crippen LogP contribution in [-0.4, -0.2) is 30.5 Å². The van der Waals surface area contributed by atoms with Crippen molar-refractivity contribution in [2.45, 2.75) is 19.4 Å². The molecule has 0 spiro atoms. The third-order valence-electron chi connectivity index (χ3n) is 3.82. The lowest BCUT2D eigenvalue weighted by atomic mass is 10.0. The topological polar surface area (TPSA) is 58.6 Å². The normalized spacial score (nSPS) is 15.2. The van der Waals surface area contributed by atoms with E-state index in [4.69, 9.17) is 4.74 Å². The van der Waals surface area contributed by atoms with Gasteiger partial charge in [0.15, 0.2) is 0 Å². The van der Waals surface area contributed by atoms with E-state index in [9.17, 15) is 9.59 Å². The summed E-state index contributed by atoms with van der Waals surface area (Å²) in [6, 6.07) is 16.3. The van der Waals surface area contributed by atoms with Gasteiger partial charge in [-0.15, -0.1) is 0 Å². The van der Waals surface area contributed by atoms with Gasteiger partial charge in [0.1, 0.15) is 11.4 Å². The van der Waals surface area contributed by atoms with Crippen LogP contribution in [0.4, 0.5) is 5.69 Å². The summed E-state index contributed by atoms with van der Waals surface area (Å²) in [5, 5.41) is 2.68. The second-order valence-corrected chi connectivity index (χ2v) is 6.36. The average Bonchev–Trinajstić information content (AvgIpc) is 2.58. The van der Waals surface area contributed by atoms with Crippen LogP contribution in [-0.2, 0) is 4.79 Å². The number of anilines is 1. The van der Waals surface area contributed by atoms with E-state index in [1.807, 2.05) is 44.2 Å². The summed E-state index contributed by atoms with van der Waals surface area (Å²) in [4.78, 5) is 26.4. The van der Waals surface area contributed by atoms with Crippen molar-refractivity contribution in [2.24, 2.45) is 0 Å². The maximum atomic E-state index is 12.6. The predicted octanol–water partition coefficient (Wildman–Crippen LogP) is 2.62. The first-order chi connectivity index (χ1) is 11.5. The smallest absolute Gasteiger partial charge is 0.251 e. The average molecular weight is 324 g/mol. The van der Waals surface area contributed by atoms with Crippen molar-refractivity contribution in [1.82, 2.24) is 5.32 Å². The Morgan fingerprint density at radius 3 is 2.50 bits per heavy atom. The number of rotatable bonds is 3. The molecule has 0 aromatic heterocycles. The van der Waals surface area contributed by atoms with Crippen molar-refractivity contribution in [3.63, 3.8) is 0 Å². The SMILES string of the molecule is CC1(C)CN(C(=O)CNC(=O)c2ccccc2)c2ccccc2O1. The maximum absolute atomic E-state index is 12.6. The third-order valence-corrected chi connectivity index (χ3v) is 3.82. The van der Waals surface area contributed by atoms with E-state index in [2.05, 4.69) is 5.32 Å². The van der Waals surface area contributed by atoms with Gasteiger partial charge in [0.2, 0.25) is 5.91 Å². The number of fused-ring (bicyclic) bond motifs is 1. The van der Waals surface area contributed by atoms with Crippen molar-refractivity contribution in [3.8, 4) is 5.75 Å². The van der Waals surface area contributed by atoms with Crippen molar-refractivity contribution in [2.75, 3.05) is 18.0 Å². The molecule has 0 saturated carbocycles. The molecule has 0 aliphatic carbocycles. The summed E-state index contributed by atoms with van der Waals surface area (Å²) >= 11 is 0. The molecule has 1 aliphatic heterocycles. The Balaban J connectivity index is 1.72. The fraction of sp³-hybridized carbons (Fsp3) is 0.263. The van der Waals surface area contributed by atoms with Crippen LogP contribution in [0.3, 0.4) is 0 Å². The highest BCUT2D eigenvalue weighted by Crippen LogP contribution is 2.36. The Bertz CT molecular complexity index is 756. The first-order valence-electron chi connectivity index (χ1n) is 7.88. The lowest BCUT2D eigenvalue weighted by Gasteiger charge is -2.39. The number of para-hydroxylation sites is 2. The minimum atomic E-state index is -0.479. The summed E-state index contributed by atoms with van der Waals surface area (Å²) in [6.45, 7) is 4.25.